The number of anilines is 1. The SMILES string of the molecule is CNC(=O)c1nccc(NC)c1OC1CC1. The molecule has 16 heavy (non-hydrogen) atoms. The summed E-state index contributed by atoms with van der Waals surface area (Å²) in [6, 6.07) is 1.80. The number of carbonyl (C=O) groups excluding carboxylic acids is 1. The average molecular weight is 221 g/mol. The monoisotopic (exact) mass is 221 g/mol. The second-order valence-corrected chi connectivity index (χ2v) is 3.68. The molecule has 0 atom stereocenters. The summed E-state index contributed by atoms with van der Waals surface area (Å²) in [5.41, 5.74) is 1.13. The predicted octanol–water partition coefficient (Wildman–Crippen LogP) is 1.02. The van der Waals surface area contributed by atoms with Crippen LogP contribution in [0.15, 0.2) is 12.3 Å². The van der Waals surface area contributed by atoms with Crippen molar-refractivity contribution in [2.45, 2.75) is 18.9 Å². The van der Waals surface area contributed by atoms with Gasteiger partial charge in [0.2, 0.25) is 0 Å². The van der Waals surface area contributed by atoms with E-state index in [0.717, 1.165) is 18.5 Å². The highest BCUT2D eigenvalue weighted by atomic mass is 16.5. The van der Waals surface area contributed by atoms with Crippen molar-refractivity contribution in [3.63, 3.8) is 0 Å². The topological polar surface area (TPSA) is 63.2 Å². The van der Waals surface area contributed by atoms with E-state index in [0.29, 0.717) is 11.4 Å². The minimum Gasteiger partial charge on any atom is -0.486 e. The van der Waals surface area contributed by atoms with Crippen molar-refractivity contribution in [3.8, 4) is 5.75 Å². The molecule has 1 aliphatic carbocycles. The van der Waals surface area contributed by atoms with Crippen LogP contribution < -0.4 is 15.4 Å². The molecular formula is C11H15N3O2. The van der Waals surface area contributed by atoms with Crippen LogP contribution in [0.1, 0.15) is 23.3 Å². The smallest absolute Gasteiger partial charge is 0.273 e. The minimum atomic E-state index is -0.229. The molecule has 1 aromatic rings. The summed E-state index contributed by atoms with van der Waals surface area (Å²) in [6.45, 7) is 0. The summed E-state index contributed by atoms with van der Waals surface area (Å²) in [4.78, 5) is 15.7. The Morgan fingerprint density at radius 1 is 1.50 bits per heavy atom. The van der Waals surface area contributed by atoms with Gasteiger partial charge in [-0.1, -0.05) is 0 Å². The van der Waals surface area contributed by atoms with Crippen molar-refractivity contribution in [2.75, 3.05) is 19.4 Å². The van der Waals surface area contributed by atoms with E-state index in [1.807, 2.05) is 0 Å². The fourth-order valence-corrected chi connectivity index (χ4v) is 1.40. The second kappa shape index (κ2) is 4.38. The van der Waals surface area contributed by atoms with Crippen molar-refractivity contribution >= 4 is 11.6 Å². The molecule has 0 radical (unpaired) electrons. The highest BCUT2D eigenvalue weighted by Crippen LogP contribution is 2.33. The molecule has 2 rings (SSSR count). The normalized spacial score (nSPS) is 14.4. The molecule has 0 unspecified atom stereocenters. The third-order valence-corrected chi connectivity index (χ3v) is 2.42. The molecule has 86 valence electrons. The molecule has 0 bridgehead atoms. The maximum Gasteiger partial charge on any atom is 0.273 e. The van der Waals surface area contributed by atoms with Gasteiger partial charge in [-0.25, -0.2) is 4.98 Å². The molecule has 5 heteroatoms. The van der Waals surface area contributed by atoms with E-state index in [9.17, 15) is 4.79 Å². The van der Waals surface area contributed by atoms with Crippen LogP contribution >= 0.6 is 0 Å². The molecule has 0 spiro atoms. The molecule has 0 saturated heterocycles. The van der Waals surface area contributed by atoms with Gasteiger partial charge < -0.3 is 15.4 Å². The quantitative estimate of drug-likeness (QED) is 0.797. The number of nitrogens with one attached hydrogen (secondary N) is 2. The van der Waals surface area contributed by atoms with Crippen LogP contribution in [0.3, 0.4) is 0 Å². The molecule has 1 fully saturated rings. The van der Waals surface area contributed by atoms with Gasteiger partial charge in [0.25, 0.3) is 5.91 Å². The van der Waals surface area contributed by atoms with Crippen LogP contribution in [-0.4, -0.2) is 31.1 Å². The van der Waals surface area contributed by atoms with E-state index >= 15 is 0 Å². The van der Waals surface area contributed by atoms with Gasteiger partial charge in [0.05, 0.1) is 11.8 Å². The van der Waals surface area contributed by atoms with Gasteiger partial charge in [-0.3, -0.25) is 4.79 Å². The molecule has 2 N–H and O–H groups in total. The van der Waals surface area contributed by atoms with E-state index < -0.39 is 0 Å². The Kier molecular flexibility index (Phi) is 2.94. The highest BCUT2D eigenvalue weighted by Gasteiger charge is 2.27. The fraction of sp³-hybridized carbons (Fsp3) is 0.455. The molecule has 1 aliphatic rings. The Hall–Kier alpha value is -1.78. The molecular weight excluding hydrogens is 206 g/mol. The Labute approximate surface area is 94.2 Å². The Morgan fingerprint density at radius 2 is 2.25 bits per heavy atom. The number of ether oxygens (including phenoxy) is 1. The van der Waals surface area contributed by atoms with Gasteiger partial charge in [0.15, 0.2) is 11.4 Å². The Balaban J connectivity index is 2.36. The molecule has 0 aromatic carbocycles. The standard InChI is InChI=1S/C11H15N3O2/c1-12-8-5-6-14-9(11(15)13-2)10(8)16-7-3-4-7/h5-7H,3-4H2,1-2H3,(H,12,14)(H,13,15). The molecule has 1 heterocycles. The molecule has 0 aliphatic heterocycles. The zero-order chi connectivity index (χ0) is 11.5. The van der Waals surface area contributed by atoms with Crippen LogP contribution in [0.25, 0.3) is 0 Å². The van der Waals surface area contributed by atoms with Crippen molar-refractivity contribution in [3.05, 3.63) is 18.0 Å². The average Bonchev–Trinajstić information content (AvgIpc) is 3.12. The number of rotatable bonds is 4. The number of nitrogens with zero attached hydrogens (tertiary/aromatic N) is 1. The molecule has 1 saturated carbocycles. The van der Waals surface area contributed by atoms with Gasteiger partial charge in [0, 0.05) is 20.3 Å². The minimum absolute atomic E-state index is 0.229. The number of hydrogen-bond donors (Lipinski definition) is 2. The summed E-state index contributed by atoms with van der Waals surface area (Å²) < 4.78 is 5.72. The van der Waals surface area contributed by atoms with Crippen LogP contribution in [0, 0.1) is 0 Å². The summed E-state index contributed by atoms with van der Waals surface area (Å²) >= 11 is 0. The van der Waals surface area contributed by atoms with Crippen LogP contribution in [0.4, 0.5) is 5.69 Å². The van der Waals surface area contributed by atoms with E-state index in [-0.39, 0.29) is 12.0 Å². The third-order valence-electron chi connectivity index (χ3n) is 2.42. The zero-order valence-corrected chi connectivity index (χ0v) is 9.41. The number of aromatic nitrogens is 1. The van der Waals surface area contributed by atoms with E-state index in [4.69, 9.17) is 4.74 Å². The van der Waals surface area contributed by atoms with E-state index in [2.05, 4.69) is 15.6 Å². The first kappa shape index (κ1) is 10.7. The summed E-state index contributed by atoms with van der Waals surface area (Å²) in [6.07, 6.45) is 3.92. The lowest BCUT2D eigenvalue weighted by Crippen LogP contribution is -2.21. The van der Waals surface area contributed by atoms with Gasteiger partial charge in [-0.15, -0.1) is 0 Å². The van der Waals surface area contributed by atoms with Crippen LogP contribution in [0.5, 0.6) is 5.75 Å². The maximum atomic E-state index is 11.6. The lowest BCUT2D eigenvalue weighted by Gasteiger charge is -2.13. The van der Waals surface area contributed by atoms with E-state index in [1.165, 1.54) is 0 Å². The summed E-state index contributed by atoms with van der Waals surface area (Å²) in [5.74, 6) is 0.319. The molecule has 1 aromatic heterocycles. The molecule has 1 amide bonds. The summed E-state index contributed by atoms with van der Waals surface area (Å²) in [7, 11) is 3.37. The van der Waals surface area contributed by atoms with Crippen LogP contribution in [-0.2, 0) is 0 Å². The van der Waals surface area contributed by atoms with Crippen molar-refractivity contribution in [2.24, 2.45) is 0 Å². The lowest BCUT2D eigenvalue weighted by molar-refractivity contribution is 0.0953. The van der Waals surface area contributed by atoms with Crippen molar-refractivity contribution in [1.29, 1.82) is 0 Å². The maximum absolute atomic E-state index is 11.6. The summed E-state index contributed by atoms with van der Waals surface area (Å²) in [5, 5.41) is 5.56. The van der Waals surface area contributed by atoms with Crippen molar-refractivity contribution in [1.82, 2.24) is 10.3 Å². The van der Waals surface area contributed by atoms with Gasteiger partial charge in [-0.05, 0) is 18.9 Å². The first-order valence-corrected chi connectivity index (χ1v) is 5.31. The van der Waals surface area contributed by atoms with Crippen LogP contribution in [0.2, 0.25) is 0 Å². The first-order chi connectivity index (χ1) is 7.76. The Bertz CT molecular complexity index is 402. The number of hydrogen-bond acceptors (Lipinski definition) is 4. The zero-order valence-electron chi connectivity index (χ0n) is 9.41. The van der Waals surface area contributed by atoms with Crippen molar-refractivity contribution < 1.29 is 9.53 Å². The lowest BCUT2D eigenvalue weighted by atomic mass is 10.2. The van der Waals surface area contributed by atoms with Gasteiger partial charge >= 0.3 is 0 Å². The van der Waals surface area contributed by atoms with Gasteiger partial charge in [0.1, 0.15) is 0 Å². The third kappa shape index (κ3) is 2.08. The van der Waals surface area contributed by atoms with E-state index in [1.54, 1.807) is 26.4 Å². The number of amides is 1. The predicted molar refractivity (Wildman–Crippen MR) is 60.8 cm³/mol. The second-order valence-electron chi connectivity index (χ2n) is 3.68. The first-order valence-electron chi connectivity index (χ1n) is 5.31. The number of pyridine rings is 1. The Morgan fingerprint density at radius 3 is 2.81 bits per heavy atom. The highest BCUT2D eigenvalue weighted by molar-refractivity contribution is 5.96. The fourth-order valence-electron chi connectivity index (χ4n) is 1.40. The largest absolute Gasteiger partial charge is 0.486 e. The number of carbonyl (C=O) groups is 1. The molecule has 5 nitrogen and oxygen atoms in total. The van der Waals surface area contributed by atoms with Gasteiger partial charge in [-0.2, -0.15) is 0 Å².